The molecular formula is C12H8F2N. The first-order valence-electron chi connectivity index (χ1n) is 4.46. The van der Waals surface area contributed by atoms with Crippen molar-refractivity contribution in [3.8, 4) is 0 Å². The molecule has 0 saturated carbocycles. The van der Waals surface area contributed by atoms with E-state index in [0.717, 1.165) is 12.1 Å². The van der Waals surface area contributed by atoms with Gasteiger partial charge in [0.1, 0.15) is 0 Å². The molecule has 0 amide bonds. The minimum Gasteiger partial charge on any atom is -0.261 e. The molecule has 0 unspecified atom stereocenters. The highest BCUT2D eigenvalue weighted by Crippen LogP contribution is 2.13. The van der Waals surface area contributed by atoms with E-state index in [-0.39, 0.29) is 0 Å². The molecule has 2 aromatic rings. The van der Waals surface area contributed by atoms with Crippen molar-refractivity contribution in [3.63, 3.8) is 0 Å². The summed E-state index contributed by atoms with van der Waals surface area (Å²) in [6.45, 7) is 0. The van der Waals surface area contributed by atoms with Crippen LogP contribution in [0.25, 0.3) is 0 Å². The van der Waals surface area contributed by atoms with Gasteiger partial charge in [0.25, 0.3) is 0 Å². The van der Waals surface area contributed by atoms with E-state index in [0.29, 0.717) is 11.3 Å². The Morgan fingerprint density at radius 1 is 1.00 bits per heavy atom. The predicted molar refractivity (Wildman–Crippen MR) is 53.1 cm³/mol. The molecule has 3 heteroatoms. The Balaban J connectivity index is 2.22. The molecular weight excluding hydrogens is 196 g/mol. The molecule has 1 radical (unpaired) electrons. The van der Waals surface area contributed by atoms with Crippen molar-refractivity contribution in [2.45, 2.75) is 0 Å². The molecule has 15 heavy (non-hydrogen) atoms. The summed E-state index contributed by atoms with van der Waals surface area (Å²) < 4.78 is 25.5. The Bertz CT molecular complexity index is 454. The Kier molecular flexibility index (Phi) is 2.72. The van der Waals surface area contributed by atoms with Crippen LogP contribution in [0.3, 0.4) is 0 Å². The summed E-state index contributed by atoms with van der Waals surface area (Å²) in [5, 5.41) is 0. The van der Waals surface area contributed by atoms with Gasteiger partial charge in [0.05, 0.1) is 0 Å². The molecule has 0 atom stereocenters. The molecule has 1 nitrogen and oxygen atoms in total. The van der Waals surface area contributed by atoms with Gasteiger partial charge in [-0.05, 0) is 29.8 Å². The molecule has 75 valence electrons. The van der Waals surface area contributed by atoms with Crippen LogP contribution in [0.5, 0.6) is 0 Å². The Hall–Kier alpha value is -1.77. The topological polar surface area (TPSA) is 12.9 Å². The molecule has 0 aliphatic heterocycles. The SMILES string of the molecule is Fc1ccc([CH]c2ccccn2)cc1F. The van der Waals surface area contributed by atoms with Gasteiger partial charge in [-0.2, -0.15) is 0 Å². The largest absolute Gasteiger partial charge is 0.261 e. The summed E-state index contributed by atoms with van der Waals surface area (Å²) in [6, 6.07) is 9.17. The molecule has 1 aromatic carbocycles. The first-order chi connectivity index (χ1) is 7.25. The molecule has 0 aliphatic rings. The normalized spacial score (nSPS) is 10.3. The number of hydrogen-bond donors (Lipinski definition) is 0. The van der Waals surface area contributed by atoms with E-state index < -0.39 is 11.6 Å². The highest BCUT2D eigenvalue weighted by Gasteiger charge is 2.03. The van der Waals surface area contributed by atoms with Crippen molar-refractivity contribution < 1.29 is 8.78 Å². The van der Waals surface area contributed by atoms with E-state index in [1.54, 1.807) is 24.8 Å². The average molecular weight is 204 g/mol. The second-order valence-corrected chi connectivity index (χ2v) is 3.07. The second kappa shape index (κ2) is 4.17. The van der Waals surface area contributed by atoms with E-state index in [1.807, 2.05) is 6.07 Å². The fourth-order valence-corrected chi connectivity index (χ4v) is 1.23. The van der Waals surface area contributed by atoms with Gasteiger partial charge in [-0.3, -0.25) is 4.98 Å². The van der Waals surface area contributed by atoms with E-state index in [2.05, 4.69) is 4.98 Å². The third-order valence-corrected chi connectivity index (χ3v) is 1.95. The van der Waals surface area contributed by atoms with Crippen LogP contribution in [0.4, 0.5) is 8.78 Å². The standard InChI is InChI=1S/C12H8F2N/c13-11-5-4-9(8-12(11)14)7-10-3-1-2-6-15-10/h1-8H. The zero-order valence-corrected chi connectivity index (χ0v) is 7.82. The minimum atomic E-state index is -0.848. The van der Waals surface area contributed by atoms with Crippen LogP contribution in [-0.4, -0.2) is 4.98 Å². The lowest BCUT2D eigenvalue weighted by molar-refractivity contribution is 0.508. The Morgan fingerprint density at radius 3 is 2.53 bits per heavy atom. The second-order valence-electron chi connectivity index (χ2n) is 3.07. The van der Waals surface area contributed by atoms with Gasteiger partial charge < -0.3 is 0 Å². The molecule has 0 spiro atoms. The monoisotopic (exact) mass is 204 g/mol. The predicted octanol–water partition coefficient (Wildman–Crippen LogP) is 2.96. The van der Waals surface area contributed by atoms with Crippen LogP contribution in [0.2, 0.25) is 0 Å². The molecule has 0 bridgehead atoms. The summed E-state index contributed by atoms with van der Waals surface area (Å²) in [7, 11) is 0. The molecule has 0 saturated heterocycles. The lowest BCUT2D eigenvalue weighted by atomic mass is 10.1. The number of aromatic nitrogens is 1. The van der Waals surface area contributed by atoms with Crippen LogP contribution in [0, 0.1) is 18.1 Å². The molecule has 1 heterocycles. The number of benzene rings is 1. The van der Waals surface area contributed by atoms with Crippen LogP contribution in [-0.2, 0) is 0 Å². The van der Waals surface area contributed by atoms with Crippen LogP contribution in [0.15, 0.2) is 42.6 Å². The van der Waals surface area contributed by atoms with Crippen molar-refractivity contribution in [2.24, 2.45) is 0 Å². The fraction of sp³-hybridized carbons (Fsp3) is 0. The van der Waals surface area contributed by atoms with Crippen molar-refractivity contribution in [1.29, 1.82) is 0 Å². The minimum absolute atomic E-state index is 0.590. The van der Waals surface area contributed by atoms with Gasteiger partial charge >= 0.3 is 0 Å². The van der Waals surface area contributed by atoms with Crippen molar-refractivity contribution in [3.05, 3.63) is 71.9 Å². The Morgan fingerprint density at radius 2 is 1.87 bits per heavy atom. The summed E-state index contributed by atoms with van der Waals surface area (Å²) >= 11 is 0. The summed E-state index contributed by atoms with van der Waals surface area (Å²) in [6.07, 6.45) is 3.33. The highest BCUT2D eigenvalue weighted by molar-refractivity contribution is 5.33. The maximum Gasteiger partial charge on any atom is 0.159 e. The van der Waals surface area contributed by atoms with Crippen molar-refractivity contribution in [2.75, 3.05) is 0 Å². The van der Waals surface area contributed by atoms with E-state index in [4.69, 9.17) is 0 Å². The van der Waals surface area contributed by atoms with Gasteiger partial charge in [-0.15, -0.1) is 0 Å². The lowest BCUT2D eigenvalue weighted by Gasteiger charge is -2.00. The van der Waals surface area contributed by atoms with Crippen LogP contribution >= 0.6 is 0 Å². The number of rotatable bonds is 2. The zero-order chi connectivity index (χ0) is 10.7. The van der Waals surface area contributed by atoms with Crippen LogP contribution < -0.4 is 0 Å². The smallest absolute Gasteiger partial charge is 0.159 e. The quantitative estimate of drug-likeness (QED) is 0.732. The third kappa shape index (κ3) is 2.37. The summed E-state index contributed by atoms with van der Waals surface area (Å²) in [5.41, 5.74) is 1.30. The molecule has 0 N–H and O–H groups in total. The average Bonchev–Trinajstić information content (AvgIpc) is 2.25. The maximum atomic E-state index is 12.9. The van der Waals surface area contributed by atoms with Crippen molar-refractivity contribution >= 4 is 0 Å². The van der Waals surface area contributed by atoms with Gasteiger partial charge in [0.15, 0.2) is 11.6 Å². The van der Waals surface area contributed by atoms with Gasteiger partial charge in [-0.25, -0.2) is 8.78 Å². The maximum absolute atomic E-state index is 12.9. The van der Waals surface area contributed by atoms with Crippen LogP contribution in [0.1, 0.15) is 11.3 Å². The fourth-order valence-electron chi connectivity index (χ4n) is 1.23. The molecule has 0 aliphatic carbocycles. The summed E-state index contributed by atoms with van der Waals surface area (Å²) in [5.74, 6) is -1.69. The molecule has 2 rings (SSSR count). The van der Waals surface area contributed by atoms with E-state index >= 15 is 0 Å². The van der Waals surface area contributed by atoms with Gasteiger partial charge in [-0.1, -0.05) is 12.1 Å². The number of pyridine rings is 1. The zero-order valence-electron chi connectivity index (χ0n) is 7.82. The summed E-state index contributed by atoms with van der Waals surface area (Å²) in [4.78, 5) is 4.05. The number of halogens is 2. The number of hydrogen-bond acceptors (Lipinski definition) is 1. The number of nitrogens with zero attached hydrogens (tertiary/aromatic N) is 1. The Labute approximate surface area is 86.4 Å². The van der Waals surface area contributed by atoms with E-state index in [9.17, 15) is 8.78 Å². The first kappa shape index (κ1) is 9.77. The molecule has 0 fully saturated rings. The highest BCUT2D eigenvalue weighted by atomic mass is 19.2. The van der Waals surface area contributed by atoms with Gasteiger partial charge in [0.2, 0.25) is 0 Å². The van der Waals surface area contributed by atoms with Gasteiger partial charge in [0, 0.05) is 18.3 Å². The first-order valence-corrected chi connectivity index (χ1v) is 4.46. The third-order valence-electron chi connectivity index (χ3n) is 1.95. The molecule has 1 aromatic heterocycles. The van der Waals surface area contributed by atoms with E-state index in [1.165, 1.54) is 6.07 Å². The van der Waals surface area contributed by atoms with Crippen molar-refractivity contribution in [1.82, 2.24) is 4.98 Å². The lowest BCUT2D eigenvalue weighted by Crippen LogP contribution is -1.91.